The molecule has 6 heteroatoms. The molecule has 0 unspecified atom stereocenters. The van der Waals surface area contributed by atoms with Crippen LogP contribution in [0.25, 0.3) is 0 Å². The van der Waals surface area contributed by atoms with Crippen molar-refractivity contribution >= 4 is 28.8 Å². The van der Waals surface area contributed by atoms with Crippen molar-refractivity contribution in [2.75, 3.05) is 6.54 Å². The zero-order valence-corrected chi connectivity index (χ0v) is 11.3. The minimum atomic E-state index is -0.804. The molecule has 0 radical (unpaired) electrons. The number of hydrogen-bond donors (Lipinski definition) is 2. The Hall–Kier alpha value is -1.43. The van der Waals surface area contributed by atoms with Crippen LogP contribution in [0, 0.1) is 5.82 Å². The molecule has 0 aliphatic heterocycles. The molecule has 1 heterocycles. The lowest BCUT2D eigenvalue weighted by molar-refractivity contribution is 0.0918. The minimum Gasteiger partial charge on any atom is -0.386 e. The predicted octanol–water partition coefficient (Wildman–Crippen LogP) is 3.00. The summed E-state index contributed by atoms with van der Waals surface area (Å²) < 4.78 is 13.3. The number of carbonyl (C=O) groups excluding carboxylic acids is 1. The van der Waals surface area contributed by atoms with Crippen LogP contribution >= 0.6 is 22.9 Å². The van der Waals surface area contributed by atoms with Crippen LogP contribution in [-0.4, -0.2) is 17.6 Å². The fourth-order valence-corrected chi connectivity index (χ4v) is 2.55. The van der Waals surface area contributed by atoms with Crippen LogP contribution in [0.5, 0.6) is 0 Å². The van der Waals surface area contributed by atoms with Gasteiger partial charge in [0.25, 0.3) is 5.91 Å². The summed E-state index contributed by atoms with van der Waals surface area (Å²) in [6.45, 7) is 0.0764. The topological polar surface area (TPSA) is 49.3 Å². The normalized spacial score (nSPS) is 12.2. The Morgan fingerprint density at radius 2 is 2.00 bits per heavy atom. The van der Waals surface area contributed by atoms with Crippen molar-refractivity contribution in [3.05, 3.63) is 57.0 Å². The van der Waals surface area contributed by atoms with Gasteiger partial charge in [-0.2, -0.15) is 0 Å². The molecule has 3 nitrogen and oxygen atoms in total. The summed E-state index contributed by atoms with van der Waals surface area (Å²) in [5, 5.41) is 12.4. The predicted molar refractivity (Wildman–Crippen MR) is 73.0 cm³/mol. The number of aliphatic hydroxyl groups is 1. The molecule has 2 aromatic rings. The molecule has 0 aliphatic carbocycles. The maximum Gasteiger partial charge on any atom is 0.251 e. The number of aliphatic hydroxyl groups excluding tert-OH is 1. The standard InChI is InChI=1S/C13H11ClFNO2S/c14-12-6-5-11(19-12)10(17)7-16-13(18)8-1-3-9(15)4-2-8/h1-6,10,17H,7H2,(H,16,18)/t10-/m0/s1. The molecule has 100 valence electrons. The van der Waals surface area contributed by atoms with Crippen LogP contribution in [0.15, 0.2) is 36.4 Å². The summed E-state index contributed by atoms with van der Waals surface area (Å²) in [6.07, 6.45) is -0.804. The van der Waals surface area contributed by atoms with Gasteiger partial charge in [-0.1, -0.05) is 11.6 Å². The zero-order valence-electron chi connectivity index (χ0n) is 9.77. The number of benzene rings is 1. The van der Waals surface area contributed by atoms with Crippen molar-refractivity contribution in [1.29, 1.82) is 0 Å². The molecular formula is C13H11ClFNO2S. The lowest BCUT2D eigenvalue weighted by Gasteiger charge is -2.10. The first kappa shape index (κ1) is 14.0. The van der Waals surface area contributed by atoms with Crippen LogP contribution in [0.4, 0.5) is 4.39 Å². The zero-order chi connectivity index (χ0) is 13.8. The van der Waals surface area contributed by atoms with Gasteiger partial charge >= 0.3 is 0 Å². The molecule has 0 aliphatic rings. The highest BCUT2D eigenvalue weighted by Crippen LogP contribution is 2.26. The average molecular weight is 300 g/mol. The van der Waals surface area contributed by atoms with Gasteiger partial charge in [-0.15, -0.1) is 11.3 Å². The maximum absolute atomic E-state index is 12.7. The fourth-order valence-electron chi connectivity index (χ4n) is 1.50. The Balaban J connectivity index is 1.91. The average Bonchev–Trinajstić information content (AvgIpc) is 2.83. The molecule has 0 spiro atoms. The molecule has 1 aromatic heterocycles. The van der Waals surface area contributed by atoms with E-state index in [0.29, 0.717) is 14.8 Å². The highest BCUT2D eigenvalue weighted by molar-refractivity contribution is 7.16. The van der Waals surface area contributed by atoms with Gasteiger partial charge in [-0.25, -0.2) is 4.39 Å². The monoisotopic (exact) mass is 299 g/mol. The van der Waals surface area contributed by atoms with Gasteiger partial charge in [0.1, 0.15) is 11.9 Å². The summed E-state index contributed by atoms with van der Waals surface area (Å²) >= 11 is 7.02. The number of nitrogens with one attached hydrogen (secondary N) is 1. The van der Waals surface area contributed by atoms with Gasteiger partial charge in [-0.05, 0) is 36.4 Å². The number of halogens is 2. The van der Waals surface area contributed by atoms with E-state index in [1.54, 1.807) is 12.1 Å². The van der Waals surface area contributed by atoms with Gasteiger partial charge in [-0.3, -0.25) is 4.79 Å². The van der Waals surface area contributed by atoms with Crippen molar-refractivity contribution in [3.63, 3.8) is 0 Å². The second kappa shape index (κ2) is 6.14. The molecule has 2 rings (SSSR count). The van der Waals surface area contributed by atoms with Gasteiger partial charge in [0.15, 0.2) is 0 Å². The second-order valence-corrected chi connectivity index (χ2v) is 5.62. The van der Waals surface area contributed by atoms with E-state index >= 15 is 0 Å². The summed E-state index contributed by atoms with van der Waals surface area (Å²) in [7, 11) is 0. The molecule has 0 fully saturated rings. The SMILES string of the molecule is O=C(NC[C@H](O)c1ccc(Cl)s1)c1ccc(F)cc1. The third kappa shape index (κ3) is 3.76. The number of hydrogen-bond acceptors (Lipinski definition) is 3. The quantitative estimate of drug-likeness (QED) is 0.912. The first-order chi connectivity index (χ1) is 9.06. The lowest BCUT2D eigenvalue weighted by Crippen LogP contribution is -2.28. The molecular weight excluding hydrogens is 289 g/mol. The number of carbonyl (C=O) groups is 1. The Morgan fingerprint density at radius 1 is 1.32 bits per heavy atom. The smallest absolute Gasteiger partial charge is 0.251 e. The molecule has 19 heavy (non-hydrogen) atoms. The first-order valence-electron chi connectivity index (χ1n) is 5.53. The highest BCUT2D eigenvalue weighted by atomic mass is 35.5. The Labute approximate surface area is 118 Å². The molecule has 0 bridgehead atoms. The van der Waals surface area contributed by atoms with Crippen molar-refractivity contribution in [2.45, 2.75) is 6.10 Å². The molecule has 0 saturated carbocycles. The van der Waals surface area contributed by atoms with Crippen molar-refractivity contribution in [2.24, 2.45) is 0 Å². The van der Waals surface area contributed by atoms with Crippen molar-refractivity contribution in [1.82, 2.24) is 5.32 Å². The summed E-state index contributed by atoms with van der Waals surface area (Å²) in [6, 6.07) is 8.60. The van der Waals surface area contributed by atoms with Crippen LogP contribution in [0.1, 0.15) is 21.3 Å². The third-order valence-electron chi connectivity index (χ3n) is 2.48. The number of amides is 1. The molecule has 0 saturated heterocycles. The number of thiophene rings is 1. The Kier molecular flexibility index (Phi) is 4.52. The van der Waals surface area contributed by atoms with E-state index in [1.807, 2.05) is 0 Å². The summed E-state index contributed by atoms with van der Waals surface area (Å²) in [4.78, 5) is 12.4. The number of rotatable bonds is 4. The van der Waals surface area contributed by atoms with Crippen LogP contribution in [0.2, 0.25) is 4.34 Å². The van der Waals surface area contributed by atoms with E-state index in [4.69, 9.17) is 11.6 Å². The summed E-state index contributed by atoms with van der Waals surface area (Å²) in [5.41, 5.74) is 0.345. The van der Waals surface area contributed by atoms with E-state index in [1.165, 1.54) is 35.6 Å². The second-order valence-electron chi connectivity index (χ2n) is 3.87. The van der Waals surface area contributed by atoms with E-state index in [2.05, 4.69) is 5.32 Å². The summed E-state index contributed by atoms with van der Waals surface area (Å²) in [5.74, 6) is -0.758. The highest BCUT2D eigenvalue weighted by Gasteiger charge is 2.12. The Bertz CT molecular complexity index is 570. The molecule has 1 atom stereocenters. The fraction of sp³-hybridized carbons (Fsp3) is 0.154. The van der Waals surface area contributed by atoms with Gasteiger partial charge < -0.3 is 10.4 Å². The van der Waals surface area contributed by atoms with E-state index < -0.39 is 11.9 Å². The van der Waals surface area contributed by atoms with Crippen LogP contribution in [-0.2, 0) is 0 Å². The van der Waals surface area contributed by atoms with Crippen molar-refractivity contribution in [3.8, 4) is 0 Å². The Morgan fingerprint density at radius 3 is 2.58 bits per heavy atom. The van der Waals surface area contributed by atoms with Crippen LogP contribution < -0.4 is 5.32 Å². The molecule has 1 amide bonds. The van der Waals surface area contributed by atoms with Gasteiger partial charge in [0.2, 0.25) is 0 Å². The van der Waals surface area contributed by atoms with E-state index in [-0.39, 0.29) is 12.5 Å². The lowest BCUT2D eigenvalue weighted by atomic mass is 10.2. The van der Waals surface area contributed by atoms with E-state index in [9.17, 15) is 14.3 Å². The maximum atomic E-state index is 12.7. The molecule has 2 N–H and O–H groups in total. The molecule has 1 aromatic carbocycles. The van der Waals surface area contributed by atoms with Crippen LogP contribution in [0.3, 0.4) is 0 Å². The largest absolute Gasteiger partial charge is 0.386 e. The van der Waals surface area contributed by atoms with Gasteiger partial charge in [0, 0.05) is 17.0 Å². The van der Waals surface area contributed by atoms with Gasteiger partial charge in [0.05, 0.1) is 4.34 Å². The van der Waals surface area contributed by atoms with Crippen molar-refractivity contribution < 1.29 is 14.3 Å². The van der Waals surface area contributed by atoms with E-state index in [0.717, 1.165) is 0 Å². The first-order valence-corrected chi connectivity index (χ1v) is 6.73. The third-order valence-corrected chi connectivity index (χ3v) is 3.82. The minimum absolute atomic E-state index is 0.0764.